The molecule has 4 aromatic carbocycles. The fraction of sp³-hybridized carbons (Fsp3) is 0.156. The molecule has 0 N–H and O–H groups in total. The van der Waals surface area contributed by atoms with Crippen LogP contribution in [0.5, 0.6) is 0 Å². The second-order valence-electron chi connectivity index (χ2n) is 9.10. The van der Waals surface area contributed by atoms with Gasteiger partial charge in [-0.05, 0) is 95.3 Å². The number of aldehydes is 1. The minimum atomic E-state index is -0.164. The monoisotopic (exact) mass is 446 g/mol. The number of fused-ring (bicyclic) bond motifs is 1. The van der Waals surface area contributed by atoms with Crippen LogP contribution < -0.4 is 0 Å². The molecule has 1 aliphatic rings. The minimum Gasteiger partial charge on any atom is -0.298 e. The molecule has 5 rings (SSSR count). The molecule has 0 amide bonds. The maximum atomic E-state index is 14.6. The van der Waals surface area contributed by atoms with Gasteiger partial charge < -0.3 is 0 Å². The van der Waals surface area contributed by atoms with E-state index in [1.54, 1.807) is 0 Å². The van der Waals surface area contributed by atoms with E-state index >= 15 is 0 Å². The summed E-state index contributed by atoms with van der Waals surface area (Å²) >= 11 is 0. The number of allylic oxidation sites excluding steroid dienone is 1. The van der Waals surface area contributed by atoms with Crippen molar-refractivity contribution in [3.63, 3.8) is 0 Å². The van der Waals surface area contributed by atoms with E-state index in [-0.39, 0.29) is 5.82 Å². The number of benzene rings is 4. The van der Waals surface area contributed by atoms with Crippen molar-refractivity contribution in [2.75, 3.05) is 0 Å². The van der Waals surface area contributed by atoms with E-state index in [0.717, 1.165) is 47.8 Å². The highest BCUT2D eigenvalue weighted by molar-refractivity contribution is 6.00. The highest BCUT2D eigenvalue weighted by Crippen LogP contribution is 2.42. The largest absolute Gasteiger partial charge is 0.298 e. The predicted octanol–water partition coefficient (Wildman–Crippen LogP) is 8.22. The number of carbonyl (C=O) groups excluding carboxylic acids is 1. The van der Waals surface area contributed by atoms with E-state index in [1.165, 1.54) is 33.9 Å². The van der Waals surface area contributed by atoms with Gasteiger partial charge >= 0.3 is 0 Å². The van der Waals surface area contributed by atoms with Gasteiger partial charge in [-0.1, -0.05) is 78.4 Å². The van der Waals surface area contributed by atoms with Gasteiger partial charge in [0.1, 0.15) is 12.1 Å². The smallest absolute Gasteiger partial charge is 0.150 e. The first-order chi connectivity index (χ1) is 16.5. The van der Waals surface area contributed by atoms with Gasteiger partial charge in [0.2, 0.25) is 0 Å². The second kappa shape index (κ2) is 9.23. The number of aryl methyl sites for hydroxylation is 2. The van der Waals surface area contributed by atoms with E-state index in [4.69, 9.17) is 0 Å². The van der Waals surface area contributed by atoms with Crippen LogP contribution in [-0.2, 0) is 6.42 Å². The summed E-state index contributed by atoms with van der Waals surface area (Å²) in [4.78, 5) is 11.3. The number of carbonyl (C=O) groups is 1. The first kappa shape index (κ1) is 22.0. The molecule has 0 heterocycles. The SMILES string of the molecule is Cc1ccc(C2=C(c3cccc(F)c3C)CCCc3cc(-c4cccc(C=O)c4)ccc32)cc1. The maximum absolute atomic E-state index is 14.6. The molecule has 0 fully saturated rings. The van der Waals surface area contributed by atoms with Gasteiger partial charge in [-0.3, -0.25) is 4.79 Å². The van der Waals surface area contributed by atoms with Crippen LogP contribution in [0.4, 0.5) is 4.39 Å². The first-order valence-corrected chi connectivity index (χ1v) is 11.8. The minimum absolute atomic E-state index is 0.164. The second-order valence-corrected chi connectivity index (χ2v) is 9.10. The zero-order valence-corrected chi connectivity index (χ0v) is 19.6. The number of hydrogen-bond acceptors (Lipinski definition) is 1. The van der Waals surface area contributed by atoms with E-state index in [1.807, 2.05) is 43.3 Å². The molecule has 0 atom stereocenters. The van der Waals surface area contributed by atoms with Crippen LogP contribution in [0.2, 0.25) is 0 Å². The third kappa shape index (κ3) is 4.12. The van der Waals surface area contributed by atoms with Gasteiger partial charge in [0.15, 0.2) is 0 Å². The topological polar surface area (TPSA) is 17.1 Å². The summed E-state index contributed by atoms with van der Waals surface area (Å²) in [5.41, 5.74) is 11.8. The zero-order chi connectivity index (χ0) is 23.7. The summed E-state index contributed by atoms with van der Waals surface area (Å²) in [5.74, 6) is -0.164. The Morgan fingerprint density at radius 2 is 1.47 bits per heavy atom. The van der Waals surface area contributed by atoms with Gasteiger partial charge in [0.25, 0.3) is 0 Å². The van der Waals surface area contributed by atoms with Crippen LogP contribution in [-0.4, -0.2) is 6.29 Å². The molecular weight excluding hydrogens is 419 g/mol. The molecule has 0 saturated carbocycles. The van der Waals surface area contributed by atoms with E-state index in [2.05, 4.69) is 49.4 Å². The molecule has 168 valence electrons. The fourth-order valence-electron chi connectivity index (χ4n) is 5.01. The molecule has 0 aromatic heterocycles. The number of halogens is 1. The summed E-state index contributed by atoms with van der Waals surface area (Å²) in [6.07, 6.45) is 3.71. The summed E-state index contributed by atoms with van der Waals surface area (Å²) in [6.45, 7) is 3.97. The third-order valence-electron chi connectivity index (χ3n) is 6.84. The average Bonchev–Trinajstić information content (AvgIpc) is 3.05. The van der Waals surface area contributed by atoms with Crippen molar-refractivity contribution in [2.24, 2.45) is 0 Å². The first-order valence-electron chi connectivity index (χ1n) is 11.8. The molecule has 0 unspecified atom stereocenters. The highest BCUT2D eigenvalue weighted by Gasteiger charge is 2.22. The lowest BCUT2D eigenvalue weighted by Gasteiger charge is -2.19. The Bertz CT molecular complexity index is 1410. The summed E-state index contributed by atoms with van der Waals surface area (Å²) in [5, 5.41) is 0. The number of rotatable bonds is 4. The lowest BCUT2D eigenvalue weighted by Crippen LogP contribution is -1.99. The van der Waals surface area contributed by atoms with Crippen LogP contribution in [0.25, 0.3) is 22.3 Å². The average molecular weight is 447 g/mol. The highest BCUT2D eigenvalue weighted by atomic mass is 19.1. The Hall–Kier alpha value is -3.78. The molecule has 1 aliphatic carbocycles. The summed E-state index contributed by atoms with van der Waals surface area (Å²) in [6, 6.07) is 28.4. The van der Waals surface area contributed by atoms with Crippen LogP contribution in [0, 0.1) is 19.7 Å². The zero-order valence-electron chi connectivity index (χ0n) is 19.6. The normalized spacial score (nSPS) is 13.4. The van der Waals surface area contributed by atoms with Crippen LogP contribution >= 0.6 is 0 Å². The molecule has 0 spiro atoms. The van der Waals surface area contributed by atoms with Crippen molar-refractivity contribution in [1.82, 2.24) is 0 Å². The Morgan fingerprint density at radius 3 is 2.26 bits per heavy atom. The quantitative estimate of drug-likeness (QED) is 0.289. The summed E-state index contributed by atoms with van der Waals surface area (Å²) in [7, 11) is 0. The van der Waals surface area contributed by atoms with Crippen LogP contribution in [0.3, 0.4) is 0 Å². The Balaban J connectivity index is 1.74. The van der Waals surface area contributed by atoms with Crippen LogP contribution in [0.1, 0.15) is 56.6 Å². The van der Waals surface area contributed by atoms with Gasteiger partial charge in [-0.25, -0.2) is 4.39 Å². The Kier molecular flexibility index (Phi) is 5.98. The van der Waals surface area contributed by atoms with Crippen molar-refractivity contribution in [3.8, 4) is 11.1 Å². The molecule has 0 saturated heterocycles. The van der Waals surface area contributed by atoms with Crippen molar-refractivity contribution in [2.45, 2.75) is 33.1 Å². The third-order valence-corrected chi connectivity index (χ3v) is 6.84. The molecule has 0 aliphatic heterocycles. The maximum Gasteiger partial charge on any atom is 0.150 e. The van der Waals surface area contributed by atoms with E-state index in [9.17, 15) is 9.18 Å². The Morgan fingerprint density at radius 1 is 0.735 bits per heavy atom. The van der Waals surface area contributed by atoms with Gasteiger partial charge in [0.05, 0.1) is 0 Å². The van der Waals surface area contributed by atoms with Gasteiger partial charge in [0, 0.05) is 5.56 Å². The van der Waals surface area contributed by atoms with Gasteiger partial charge in [-0.2, -0.15) is 0 Å². The van der Waals surface area contributed by atoms with E-state index in [0.29, 0.717) is 11.1 Å². The molecule has 1 nitrogen and oxygen atoms in total. The predicted molar refractivity (Wildman–Crippen MR) is 138 cm³/mol. The van der Waals surface area contributed by atoms with Gasteiger partial charge in [-0.15, -0.1) is 0 Å². The van der Waals surface area contributed by atoms with E-state index < -0.39 is 0 Å². The standard InChI is InChI=1S/C32H27FO/c1-21-12-14-24(15-13-21)32-29-17-16-26(25-7-3-6-23(18-25)20-34)19-27(29)8-4-10-30(32)28-9-5-11-31(33)22(28)2/h3,5-7,9,11-20H,4,8,10H2,1-2H3. The number of hydrogen-bond donors (Lipinski definition) is 0. The van der Waals surface area contributed by atoms with Crippen molar-refractivity contribution in [1.29, 1.82) is 0 Å². The van der Waals surface area contributed by atoms with Crippen molar-refractivity contribution in [3.05, 3.63) is 130 Å². The fourth-order valence-corrected chi connectivity index (χ4v) is 5.01. The van der Waals surface area contributed by atoms with Crippen molar-refractivity contribution >= 4 is 17.4 Å². The lowest BCUT2D eigenvalue weighted by atomic mass is 9.85. The van der Waals surface area contributed by atoms with Crippen molar-refractivity contribution < 1.29 is 9.18 Å². The lowest BCUT2D eigenvalue weighted by molar-refractivity contribution is 0.112. The summed E-state index contributed by atoms with van der Waals surface area (Å²) < 4.78 is 14.6. The van der Waals surface area contributed by atoms with Crippen LogP contribution in [0.15, 0.2) is 84.9 Å². The molecule has 0 radical (unpaired) electrons. The molecular formula is C32H27FO. The molecule has 0 bridgehead atoms. The molecule has 34 heavy (non-hydrogen) atoms. The Labute approximate surface area is 200 Å². The molecule has 2 heteroatoms. The molecule has 4 aromatic rings.